The van der Waals surface area contributed by atoms with Gasteiger partial charge in [0, 0.05) is 6.42 Å². The Morgan fingerprint density at radius 3 is 1.72 bits per heavy atom. The molecule has 0 spiro atoms. The SMILES string of the molecule is CCCCCCCCCCCCCCCC(=O)O[C@@H](CO)COCO. The first-order chi connectivity index (χ1) is 12.2. The average molecular weight is 361 g/mol. The zero-order valence-corrected chi connectivity index (χ0v) is 16.2. The number of carbonyl (C=O) groups is 1. The standard InChI is InChI=1S/C20H40O5/c1-2-3-4-5-6-7-8-9-10-11-12-13-14-15-20(23)25-19(16-21)17-24-18-22/h19,21-22H,2-18H2,1H3/t19-/m0/s1. The molecule has 0 unspecified atom stereocenters. The van der Waals surface area contributed by atoms with Crippen molar-refractivity contribution < 1.29 is 24.5 Å². The van der Waals surface area contributed by atoms with E-state index in [4.69, 9.17) is 19.7 Å². The molecule has 5 nitrogen and oxygen atoms in total. The molecule has 0 aliphatic carbocycles. The highest BCUT2D eigenvalue weighted by Crippen LogP contribution is 2.13. The Balaban J connectivity index is 3.30. The van der Waals surface area contributed by atoms with Crippen molar-refractivity contribution in [2.45, 2.75) is 103 Å². The lowest BCUT2D eigenvalue weighted by Crippen LogP contribution is -2.27. The van der Waals surface area contributed by atoms with E-state index >= 15 is 0 Å². The molecule has 0 aliphatic heterocycles. The van der Waals surface area contributed by atoms with E-state index in [1.807, 2.05) is 0 Å². The molecule has 0 bridgehead atoms. The van der Waals surface area contributed by atoms with Crippen LogP contribution in [0.1, 0.15) is 96.8 Å². The second kappa shape index (κ2) is 19.7. The Morgan fingerprint density at radius 2 is 1.28 bits per heavy atom. The summed E-state index contributed by atoms with van der Waals surface area (Å²) in [4.78, 5) is 11.6. The molecule has 0 aliphatic rings. The van der Waals surface area contributed by atoms with Gasteiger partial charge in [0.1, 0.15) is 12.9 Å². The first-order valence-corrected chi connectivity index (χ1v) is 10.2. The van der Waals surface area contributed by atoms with Gasteiger partial charge in [-0.25, -0.2) is 0 Å². The summed E-state index contributed by atoms with van der Waals surface area (Å²) in [5, 5.41) is 17.6. The normalized spacial score (nSPS) is 12.3. The van der Waals surface area contributed by atoms with Crippen LogP contribution in [0.2, 0.25) is 0 Å². The van der Waals surface area contributed by atoms with Crippen LogP contribution in [-0.2, 0) is 14.3 Å². The highest BCUT2D eigenvalue weighted by atomic mass is 16.6. The van der Waals surface area contributed by atoms with Crippen molar-refractivity contribution in [3.05, 3.63) is 0 Å². The number of ether oxygens (including phenoxy) is 2. The Hall–Kier alpha value is -0.650. The third-order valence-corrected chi connectivity index (χ3v) is 4.38. The second-order valence-electron chi connectivity index (χ2n) is 6.79. The van der Waals surface area contributed by atoms with Gasteiger partial charge in [-0.1, -0.05) is 84.0 Å². The van der Waals surface area contributed by atoms with Crippen molar-refractivity contribution in [2.24, 2.45) is 0 Å². The molecule has 25 heavy (non-hydrogen) atoms. The van der Waals surface area contributed by atoms with E-state index in [-0.39, 0.29) is 19.2 Å². The molecule has 2 N–H and O–H groups in total. The lowest BCUT2D eigenvalue weighted by atomic mass is 10.0. The van der Waals surface area contributed by atoms with Crippen LogP contribution >= 0.6 is 0 Å². The van der Waals surface area contributed by atoms with E-state index in [0.717, 1.165) is 12.8 Å². The maximum atomic E-state index is 11.6. The van der Waals surface area contributed by atoms with Crippen LogP contribution in [0.4, 0.5) is 0 Å². The van der Waals surface area contributed by atoms with E-state index in [1.54, 1.807) is 0 Å². The molecule has 0 aromatic heterocycles. The summed E-state index contributed by atoms with van der Waals surface area (Å²) < 4.78 is 9.81. The molecule has 0 amide bonds. The van der Waals surface area contributed by atoms with Crippen LogP contribution < -0.4 is 0 Å². The molecule has 150 valence electrons. The Morgan fingerprint density at radius 1 is 0.800 bits per heavy atom. The quantitative estimate of drug-likeness (QED) is 0.204. The molecule has 0 saturated carbocycles. The van der Waals surface area contributed by atoms with Gasteiger partial charge in [0.05, 0.1) is 13.2 Å². The average Bonchev–Trinajstić information content (AvgIpc) is 2.62. The van der Waals surface area contributed by atoms with Gasteiger partial charge in [-0.15, -0.1) is 0 Å². The zero-order valence-electron chi connectivity index (χ0n) is 16.2. The smallest absolute Gasteiger partial charge is 0.306 e. The first-order valence-electron chi connectivity index (χ1n) is 10.2. The Bertz CT molecular complexity index is 283. The van der Waals surface area contributed by atoms with Crippen LogP contribution in [-0.4, -0.2) is 42.3 Å². The lowest BCUT2D eigenvalue weighted by Gasteiger charge is -2.14. The van der Waals surface area contributed by atoms with Crippen molar-refractivity contribution in [3.63, 3.8) is 0 Å². The molecule has 5 heteroatoms. The summed E-state index contributed by atoms with van der Waals surface area (Å²) in [6, 6.07) is 0. The second-order valence-corrected chi connectivity index (χ2v) is 6.79. The first kappa shape index (κ1) is 24.4. The minimum Gasteiger partial charge on any atom is -0.457 e. The monoisotopic (exact) mass is 360 g/mol. The molecule has 0 fully saturated rings. The molecular formula is C20H40O5. The van der Waals surface area contributed by atoms with Crippen LogP contribution in [0, 0.1) is 0 Å². The fourth-order valence-corrected chi connectivity index (χ4v) is 2.84. The number of esters is 1. The summed E-state index contributed by atoms with van der Waals surface area (Å²) >= 11 is 0. The topological polar surface area (TPSA) is 76.0 Å². The van der Waals surface area contributed by atoms with Gasteiger partial charge in [0.25, 0.3) is 0 Å². The predicted molar refractivity (Wildman–Crippen MR) is 100 cm³/mol. The molecule has 0 radical (unpaired) electrons. The number of hydrogen-bond acceptors (Lipinski definition) is 5. The van der Waals surface area contributed by atoms with Crippen molar-refractivity contribution in [1.29, 1.82) is 0 Å². The summed E-state index contributed by atoms with van der Waals surface area (Å²) in [6.45, 7) is 1.55. The highest BCUT2D eigenvalue weighted by molar-refractivity contribution is 5.69. The molecule has 0 heterocycles. The molecule has 0 aromatic rings. The summed E-state index contributed by atoms with van der Waals surface area (Å²) in [6.07, 6.45) is 16.2. The van der Waals surface area contributed by atoms with Crippen molar-refractivity contribution in [1.82, 2.24) is 0 Å². The van der Waals surface area contributed by atoms with Gasteiger partial charge in [0.2, 0.25) is 0 Å². The summed E-state index contributed by atoms with van der Waals surface area (Å²) in [7, 11) is 0. The number of carbonyl (C=O) groups excluding carboxylic acids is 1. The molecule has 0 saturated heterocycles. The van der Waals surface area contributed by atoms with Crippen LogP contribution in [0.5, 0.6) is 0 Å². The van der Waals surface area contributed by atoms with Gasteiger partial charge < -0.3 is 19.7 Å². The fourth-order valence-electron chi connectivity index (χ4n) is 2.84. The van der Waals surface area contributed by atoms with Gasteiger partial charge in [-0.2, -0.15) is 0 Å². The lowest BCUT2D eigenvalue weighted by molar-refractivity contribution is -0.157. The zero-order chi connectivity index (χ0) is 18.6. The Labute approximate surface area is 154 Å². The number of rotatable bonds is 19. The molecular weight excluding hydrogens is 320 g/mol. The van der Waals surface area contributed by atoms with Gasteiger partial charge in [-0.3, -0.25) is 4.79 Å². The predicted octanol–water partition coefficient (Wildman–Crippen LogP) is 4.34. The van der Waals surface area contributed by atoms with Gasteiger partial charge in [-0.05, 0) is 6.42 Å². The number of unbranched alkanes of at least 4 members (excludes halogenated alkanes) is 12. The van der Waals surface area contributed by atoms with E-state index < -0.39 is 12.9 Å². The largest absolute Gasteiger partial charge is 0.457 e. The fraction of sp³-hybridized carbons (Fsp3) is 0.950. The van der Waals surface area contributed by atoms with E-state index in [9.17, 15) is 4.79 Å². The number of aliphatic hydroxyl groups excluding tert-OH is 2. The van der Waals surface area contributed by atoms with E-state index in [0.29, 0.717) is 6.42 Å². The van der Waals surface area contributed by atoms with Gasteiger partial charge >= 0.3 is 5.97 Å². The third-order valence-electron chi connectivity index (χ3n) is 4.38. The van der Waals surface area contributed by atoms with Crippen LogP contribution in [0.25, 0.3) is 0 Å². The number of aliphatic hydroxyl groups is 2. The number of hydrogen-bond donors (Lipinski definition) is 2. The van der Waals surface area contributed by atoms with Crippen LogP contribution in [0.15, 0.2) is 0 Å². The maximum absolute atomic E-state index is 11.6. The minimum absolute atomic E-state index is 0.0251. The molecule has 1 atom stereocenters. The summed E-state index contributed by atoms with van der Waals surface area (Å²) in [5.74, 6) is -0.302. The summed E-state index contributed by atoms with van der Waals surface area (Å²) in [5.41, 5.74) is 0. The van der Waals surface area contributed by atoms with Crippen molar-refractivity contribution in [3.8, 4) is 0 Å². The van der Waals surface area contributed by atoms with Gasteiger partial charge in [0.15, 0.2) is 0 Å². The molecule has 0 aromatic carbocycles. The maximum Gasteiger partial charge on any atom is 0.306 e. The van der Waals surface area contributed by atoms with Crippen LogP contribution in [0.3, 0.4) is 0 Å². The third kappa shape index (κ3) is 18.0. The minimum atomic E-state index is -0.679. The van der Waals surface area contributed by atoms with Crippen molar-refractivity contribution in [2.75, 3.05) is 20.0 Å². The van der Waals surface area contributed by atoms with E-state index in [2.05, 4.69) is 6.92 Å². The Kier molecular flexibility index (Phi) is 19.2. The highest BCUT2D eigenvalue weighted by Gasteiger charge is 2.13. The van der Waals surface area contributed by atoms with Crippen molar-refractivity contribution >= 4 is 5.97 Å². The van der Waals surface area contributed by atoms with E-state index in [1.165, 1.54) is 70.6 Å². The molecule has 0 rings (SSSR count).